The van der Waals surface area contributed by atoms with Crippen LogP contribution in [-0.4, -0.2) is 59.1 Å². The van der Waals surface area contributed by atoms with Crippen molar-refractivity contribution in [2.75, 3.05) is 32.7 Å². The summed E-state index contributed by atoms with van der Waals surface area (Å²) in [6, 6.07) is 9.77. The van der Waals surface area contributed by atoms with Crippen molar-refractivity contribution in [3.63, 3.8) is 0 Å². The lowest BCUT2D eigenvalue weighted by atomic mass is 10.2. The molecular weight excluding hydrogens is 268 g/mol. The molecule has 21 heavy (non-hydrogen) atoms. The molecule has 6 nitrogen and oxygen atoms in total. The highest BCUT2D eigenvalue weighted by molar-refractivity contribution is 5.51. The highest BCUT2D eigenvalue weighted by Crippen LogP contribution is 2.17. The molecule has 0 atom stereocenters. The van der Waals surface area contributed by atoms with Gasteiger partial charge in [0.05, 0.1) is 0 Å². The lowest BCUT2D eigenvalue weighted by Crippen LogP contribution is -2.46. The van der Waals surface area contributed by atoms with E-state index < -0.39 is 0 Å². The first-order valence-electron chi connectivity index (χ1n) is 7.14. The Morgan fingerprint density at radius 2 is 1.86 bits per heavy atom. The van der Waals surface area contributed by atoms with Crippen LogP contribution in [0, 0.1) is 0 Å². The highest BCUT2D eigenvalue weighted by Gasteiger charge is 2.16. The molecule has 0 spiro atoms. The highest BCUT2D eigenvalue weighted by atomic mass is 16.4. The van der Waals surface area contributed by atoms with Gasteiger partial charge in [0.1, 0.15) is 0 Å². The van der Waals surface area contributed by atoms with Crippen molar-refractivity contribution in [3.8, 4) is 11.5 Å². The van der Waals surface area contributed by atoms with Crippen LogP contribution in [0.15, 0.2) is 34.7 Å². The maximum absolute atomic E-state index is 10.7. The van der Waals surface area contributed by atoms with Crippen LogP contribution in [0.2, 0.25) is 0 Å². The van der Waals surface area contributed by atoms with Crippen LogP contribution in [-0.2, 0) is 11.2 Å². The van der Waals surface area contributed by atoms with Gasteiger partial charge in [-0.1, -0.05) is 18.2 Å². The van der Waals surface area contributed by atoms with Crippen molar-refractivity contribution < 1.29 is 9.21 Å². The van der Waals surface area contributed by atoms with Crippen LogP contribution < -0.4 is 0 Å². The van der Waals surface area contributed by atoms with Gasteiger partial charge in [0.25, 0.3) is 0 Å². The Morgan fingerprint density at radius 1 is 1.10 bits per heavy atom. The van der Waals surface area contributed by atoms with Crippen molar-refractivity contribution >= 4 is 6.41 Å². The summed E-state index contributed by atoms with van der Waals surface area (Å²) in [6.45, 7) is 4.27. The first-order valence-corrected chi connectivity index (χ1v) is 7.14. The zero-order valence-electron chi connectivity index (χ0n) is 11.8. The summed E-state index contributed by atoms with van der Waals surface area (Å²) in [7, 11) is 0. The molecule has 3 rings (SSSR count). The number of hydrogen-bond donors (Lipinski definition) is 0. The molecule has 0 unspecified atom stereocenters. The molecular formula is C15H18N4O2. The largest absolute Gasteiger partial charge is 0.421 e. The van der Waals surface area contributed by atoms with Crippen LogP contribution in [0.1, 0.15) is 5.89 Å². The van der Waals surface area contributed by atoms with Crippen LogP contribution in [0.5, 0.6) is 0 Å². The molecule has 0 N–H and O–H groups in total. The second-order valence-corrected chi connectivity index (χ2v) is 5.10. The Kier molecular flexibility index (Phi) is 4.25. The van der Waals surface area contributed by atoms with Gasteiger partial charge in [-0.15, -0.1) is 10.2 Å². The van der Waals surface area contributed by atoms with E-state index in [9.17, 15) is 4.79 Å². The van der Waals surface area contributed by atoms with Gasteiger partial charge in [0, 0.05) is 44.7 Å². The lowest BCUT2D eigenvalue weighted by Gasteiger charge is -2.32. The number of carbonyl (C=O) groups is 1. The fourth-order valence-corrected chi connectivity index (χ4v) is 2.40. The number of amides is 1. The Bertz CT molecular complexity index is 576. The summed E-state index contributed by atoms with van der Waals surface area (Å²) in [5.41, 5.74) is 0.941. The average Bonchev–Trinajstić information content (AvgIpc) is 3.03. The summed E-state index contributed by atoms with van der Waals surface area (Å²) in [5, 5.41) is 8.18. The Balaban J connectivity index is 1.53. The van der Waals surface area contributed by atoms with Crippen LogP contribution in [0.4, 0.5) is 0 Å². The number of hydrogen-bond acceptors (Lipinski definition) is 5. The third-order valence-electron chi connectivity index (χ3n) is 3.69. The van der Waals surface area contributed by atoms with Gasteiger partial charge >= 0.3 is 0 Å². The van der Waals surface area contributed by atoms with E-state index in [-0.39, 0.29) is 0 Å². The van der Waals surface area contributed by atoms with Crippen molar-refractivity contribution in [1.82, 2.24) is 20.0 Å². The van der Waals surface area contributed by atoms with Crippen LogP contribution >= 0.6 is 0 Å². The third kappa shape index (κ3) is 3.46. The predicted molar refractivity (Wildman–Crippen MR) is 77.5 cm³/mol. The van der Waals surface area contributed by atoms with Gasteiger partial charge in [-0.3, -0.25) is 9.69 Å². The molecule has 1 fully saturated rings. The van der Waals surface area contributed by atoms with Gasteiger partial charge in [-0.25, -0.2) is 0 Å². The first kappa shape index (κ1) is 13.8. The molecule has 1 aromatic carbocycles. The molecule has 0 aliphatic carbocycles. The van der Waals surface area contributed by atoms with E-state index in [1.807, 2.05) is 30.3 Å². The van der Waals surface area contributed by atoms with Crippen LogP contribution in [0.3, 0.4) is 0 Å². The van der Waals surface area contributed by atoms with Gasteiger partial charge in [-0.05, 0) is 12.1 Å². The minimum absolute atomic E-state index is 0.566. The molecule has 0 radical (unpaired) electrons. The van der Waals surface area contributed by atoms with Gasteiger partial charge in [0.15, 0.2) is 0 Å². The maximum atomic E-state index is 10.7. The number of aromatic nitrogens is 2. The Labute approximate surface area is 123 Å². The minimum Gasteiger partial charge on any atom is -0.421 e. The summed E-state index contributed by atoms with van der Waals surface area (Å²) >= 11 is 0. The minimum atomic E-state index is 0.566. The van der Waals surface area contributed by atoms with Crippen molar-refractivity contribution in [2.24, 2.45) is 0 Å². The zero-order valence-corrected chi connectivity index (χ0v) is 11.8. The smallest absolute Gasteiger partial charge is 0.247 e. The Hall–Kier alpha value is -2.21. The van der Waals surface area contributed by atoms with E-state index in [0.29, 0.717) is 11.8 Å². The topological polar surface area (TPSA) is 62.5 Å². The predicted octanol–water partition coefficient (Wildman–Crippen LogP) is 1.05. The molecule has 1 amide bonds. The molecule has 2 heterocycles. The number of piperazine rings is 1. The summed E-state index contributed by atoms with van der Waals surface area (Å²) in [5.74, 6) is 1.23. The number of nitrogens with zero attached hydrogens (tertiary/aromatic N) is 4. The summed E-state index contributed by atoms with van der Waals surface area (Å²) in [6.07, 6.45) is 1.66. The summed E-state index contributed by atoms with van der Waals surface area (Å²) < 4.78 is 5.69. The molecule has 1 aromatic heterocycles. The zero-order chi connectivity index (χ0) is 14.5. The Morgan fingerprint density at radius 3 is 2.57 bits per heavy atom. The monoisotopic (exact) mass is 286 g/mol. The second kappa shape index (κ2) is 6.49. The molecule has 6 heteroatoms. The molecule has 1 aliphatic heterocycles. The van der Waals surface area contributed by atoms with E-state index in [1.54, 1.807) is 4.90 Å². The van der Waals surface area contributed by atoms with Gasteiger partial charge in [-0.2, -0.15) is 0 Å². The average molecular weight is 286 g/mol. The standard InChI is InChI=1S/C15H18N4O2/c20-12-19-10-8-18(9-11-19)7-6-14-16-17-15(21-14)13-4-2-1-3-5-13/h1-5,12H,6-11H2. The van der Waals surface area contributed by atoms with Crippen molar-refractivity contribution in [1.29, 1.82) is 0 Å². The number of benzene rings is 1. The number of carbonyl (C=O) groups excluding carboxylic acids is 1. The molecule has 1 aliphatic rings. The fraction of sp³-hybridized carbons (Fsp3) is 0.400. The molecule has 0 saturated carbocycles. The first-order chi connectivity index (χ1) is 10.3. The van der Waals surface area contributed by atoms with Gasteiger partial charge < -0.3 is 9.32 Å². The van der Waals surface area contributed by atoms with Crippen LogP contribution in [0.25, 0.3) is 11.5 Å². The van der Waals surface area contributed by atoms with E-state index in [2.05, 4.69) is 15.1 Å². The fourth-order valence-electron chi connectivity index (χ4n) is 2.40. The van der Waals surface area contributed by atoms with Crippen molar-refractivity contribution in [3.05, 3.63) is 36.2 Å². The van der Waals surface area contributed by atoms with E-state index >= 15 is 0 Å². The van der Waals surface area contributed by atoms with Crippen molar-refractivity contribution in [2.45, 2.75) is 6.42 Å². The summed E-state index contributed by atoms with van der Waals surface area (Å²) in [4.78, 5) is 14.8. The third-order valence-corrected chi connectivity index (χ3v) is 3.69. The quantitative estimate of drug-likeness (QED) is 0.769. The van der Waals surface area contributed by atoms with E-state index in [4.69, 9.17) is 4.42 Å². The van der Waals surface area contributed by atoms with E-state index in [1.165, 1.54) is 0 Å². The molecule has 1 saturated heterocycles. The normalized spacial score (nSPS) is 16.1. The second-order valence-electron chi connectivity index (χ2n) is 5.10. The molecule has 0 bridgehead atoms. The lowest BCUT2D eigenvalue weighted by molar-refractivity contribution is -0.119. The molecule has 2 aromatic rings. The van der Waals surface area contributed by atoms with Gasteiger partial charge in [0.2, 0.25) is 18.2 Å². The molecule has 110 valence electrons. The van der Waals surface area contributed by atoms with E-state index in [0.717, 1.165) is 51.1 Å². The maximum Gasteiger partial charge on any atom is 0.247 e. The SMILES string of the molecule is O=CN1CCN(CCc2nnc(-c3ccccc3)o2)CC1. The number of rotatable bonds is 5.